The number of aromatic nitrogens is 2. The maximum absolute atomic E-state index is 13.8. The summed E-state index contributed by atoms with van der Waals surface area (Å²) >= 11 is 0. The molecule has 36 heavy (non-hydrogen) atoms. The van der Waals surface area contributed by atoms with Gasteiger partial charge in [0.15, 0.2) is 0 Å². The predicted molar refractivity (Wildman–Crippen MR) is 140 cm³/mol. The Labute approximate surface area is 211 Å². The number of aryl methyl sites for hydroxylation is 2. The van der Waals surface area contributed by atoms with E-state index in [1.54, 1.807) is 12.1 Å². The molecule has 0 saturated carbocycles. The van der Waals surface area contributed by atoms with Gasteiger partial charge in [-0.3, -0.25) is 29.4 Å². The molecule has 0 bridgehead atoms. The van der Waals surface area contributed by atoms with Crippen LogP contribution in [0.1, 0.15) is 34.5 Å². The first-order valence-corrected chi connectivity index (χ1v) is 12.6. The second kappa shape index (κ2) is 10.5. The number of para-hydroxylation sites is 1. The van der Waals surface area contributed by atoms with E-state index in [9.17, 15) is 14.9 Å². The van der Waals surface area contributed by atoms with Gasteiger partial charge in [0.25, 0.3) is 11.6 Å². The summed E-state index contributed by atoms with van der Waals surface area (Å²) in [6.07, 6.45) is 4.06. The highest BCUT2D eigenvalue weighted by molar-refractivity contribution is 6.06. The molecule has 2 aliphatic rings. The van der Waals surface area contributed by atoms with Gasteiger partial charge in [-0.25, -0.2) is 0 Å². The van der Waals surface area contributed by atoms with E-state index in [1.807, 2.05) is 22.7 Å². The first-order chi connectivity index (χ1) is 17.5. The minimum atomic E-state index is -0.446. The van der Waals surface area contributed by atoms with E-state index < -0.39 is 4.92 Å². The van der Waals surface area contributed by atoms with E-state index in [0.717, 1.165) is 75.5 Å². The van der Waals surface area contributed by atoms with E-state index >= 15 is 0 Å². The monoisotopic (exact) mass is 488 g/mol. The minimum Gasteiger partial charge on any atom is -0.369 e. The number of carbonyl (C=O) groups excluding carboxylic acids is 1. The zero-order valence-corrected chi connectivity index (χ0v) is 20.7. The van der Waals surface area contributed by atoms with Gasteiger partial charge in [0.2, 0.25) is 0 Å². The lowest BCUT2D eigenvalue weighted by atomic mass is 9.97. The molecule has 5 rings (SSSR count). The lowest BCUT2D eigenvalue weighted by molar-refractivity contribution is -0.384. The maximum Gasteiger partial charge on any atom is 0.269 e. The Morgan fingerprint density at radius 1 is 1.00 bits per heavy atom. The van der Waals surface area contributed by atoms with Gasteiger partial charge in [0.05, 0.1) is 10.6 Å². The first-order valence-electron chi connectivity index (χ1n) is 12.6. The molecule has 2 heterocycles. The molecule has 0 unspecified atom stereocenters. The molecule has 1 fully saturated rings. The summed E-state index contributed by atoms with van der Waals surface area (Å²) in [5.74, 6) is 0.708. The Morgan fingerprint density at radius 3 is 2.39 bits per heavy atom. The van der Waals surface area contributed by atoms with Crippen molar-refractivity contribution in [2.45, 2.75) is 25.7 Å². The van der Waals surface area contributed by atoms with Crippen LogP contribution in [0.15, 0.2) is 54.6 Å². The van der Waals surface area contributed by atoms with Crippen LogP contribution in [0.3, 0.4) is 0 Å². The number of rotatable bonds is 7. The topological polar surface area (TPSA) is 87.8 Å². The van der Waals surface area contributed by atoms with Gasteiger partial charge in [0, 0.05) is 75.3 Å². The van der Waals surface area contributed by atoms with Gasteiger partial charge in [-0.05, 0) is 49.9 Å². The summed E-state index contributed by atoms with van der Waals surface area (Å²) in [5.41, 5.74) is 3.91. The largest absolute Gasteiger partial charge is 0.369 e. The molecule has 0 atom stereocenters. The summed E-state index contributed by atoms with van der Waals surface area (Å²) in [5, 5.41) is 15.8. The van der Waals surface area contributed by atoms with Crippen molar-refractivity contribution in [1.82, 2.24) is 14.7 Å². The fraction of sp³-hybridized carbons (Fsp3) is 0.407. The quantitative estimate of drug-likeness (QED) is 0.373. The zero-order valence-electron chi connectivity index (χ0n) is 20.7. The molecule has 0 radical (unpaired) electrons. The van der Waals surface area contributed by atoms with E-state index in [1.165, 1.54) is 17.8 Å². The highest BCUT2D eigenvalue weighted by Gasteiger charge is 2.29. The number of nitro groups is 1. The second-order valence-electron chi connectivity index (χ2n) is 9.50. The van der Waals surface area contributed by atoms with Crippen LogP contribution in [0, 0.1) is 10.1 Å². The molecule has 1 amide bonds. The average molecular weight is 489 g/mol. The molecule has 3 aromatic rings. The van der Waals surface area contributed by atoms with Gasteiger partial charge in [-0.15, -0.1) is 0 Å². The van der Waals surface area contributed by atoms with Crippen LogP contribution in [-0.2, 0) is 19.9 Å². The average Bonchev–Trinajstić information content (AvgIpc) is 3.25. The summed E-state index contributed by atoms with van der Waals surface area (Å²) in [6.45, 7) is 5.03. The lowest BCUT2D eigenvalue weighted by Gasteiger charge is -2.37. The van der Waals surface area contributed by atoms with Crippen molar-refractivity contribution < 1.29 is 9.72 Å². The van der Waals surface area contributed by atoms with Gasteiger partial charge < -0.3 is 4.90 Å². The van der Waals surface area contributed by atoms with Crippen LogP contribution in [0.2, 0.25) is 0 Å². The Bertz CT molecular complexity index is 1220. The molecule has 0 spiro atoms. The van der Waals surface area contributed by atoms with E-state index in [0.29, 0.717) is 12.1 Å². The molecule has 1 aromatic heterocycles. The summed E-state index contributed by atoms with van der Waals surface area (Å²) in [7, 11) is 1.91. The van der Waals surface area contributed by atoms with Crippen molar-refractivity contribution in [1.29, 1.82) is 0 Å². The third kappa shape index (κ3) is 4.97. The fourth-order valence-corrected chi connectivity index (χ4v) is 5.30. The molecule has 188 valence electrons. The van der Waals surface area contributed by atoms with Crippen molar-refractivity contribution in [3.63, 3.8) is 0 Å². The zero-order chi connectivity index (χ0) is 25.1. The van der Waals surface area contributed by atoms with Crippen LogP contribution in [0.4, 0.5) is 17.2 Å². The van der Waals surface area contributed by atoms with Gasteiger partial charge in [-0.1, -0.05) is 18.2 Å². The Hall–Kier alpha value is -3.72. The Kier molecular flexibility index (Phi) is 6.99. The summed E-state index contributed by atoms with van der Waals surface area (Å²) < 4.78 is 1.84. The summed E-state index contributed by atoms with van der Waals surface area (Å²) in [6, 6.07) is 16.4. The molecule has 1 saturated heterocycles. The number of non-ortho nitro benzene ring substituents is 1. The van der Waals surface area contributed by atoms with E-state index in [4.69, 9.17) is 5.10 Å². The van der Waals surface area contributed by atoms with Crippen LogP contribution in [0.25, 0.3) is 0 Å². The van der Waals surface area contributed by atoms with Crippen LogP contribution < -0.4 is 9.80 Å². The molecule has 0 N–H and O–H groups in total. The van der Waals surface area contributed by atoms with Crippen molar-refractivity contribution in [2.24, 2.45) is 7.05 Å². The fourth-order valence-electron chi connectivity index (χ4n) is 5.30. The highest BCUT2D eigenvalue weighted by Crippen LogP contribution is 2.31. The normalized spacial score (nSPS) is 16.0. The molecule has 1 aliphatic carbocycles. The first kappa shape index (κ1) is 24.0. The van der Waals surface area contributed by atoms with Crippen LogP contribution in [-0.4, -0.2) is 64.8 Å². The number of nitro benzene ring substituents is 1. The number of amides is 1. The third-order valence-corrected chi connectivity index (χ3v) is 7.25. The SMILES string of the molecule is Cn1nc2c(c1N(CCN1CCN(c3ccccc3)CC1)C(=O)c1ccc([N+](=O)[O-])cc1)CCCC2. The Balaban J connectivity index is 1.34. The third-order valence-electron chi connectivity index (χ3n) is 7.25. The molecular formula is C27H32N6O3. The van der Waals surface area contributed by atoms with E-state index in [2.05, 4.69) is 34.1 Å². The van der Waals surface area contributed by atoms with Gasteiger partial charge in [0.1, 0.15) is 5.82 Å². The number of anilines is 2. The number of hydrogen-bond donors (Lipinski definition) is 0. The lowest BCUT2D eigenvalue weighted by Crippen LogP contribution is -2.49. The Morgan fingerprint density at radius 2 is 1.69 bits per heavy atom. The standard InChI is InChI=1S/C27H32N6O3/c1-29-26(24-9-5-6-10-25(24)28-29)32(27(34)21-11-13-23(14-12-21)33(35)36)20-17-30-15-18-31(19-16-30)22-7-3-2-4-8-22/h2-4,7-8,11-14H,5-6,9-10,15-20H2,1H3. The van der Waals surface area contributed by atoms with Crippen molar-refractivity contribution >= 4 is 23.1 Å². The summed E-state index contributed by atoms with van der Waals surface area (Å²) in [4.78, 5) is 31.0. The number of nitrogens with zero attached hydrogens (tertiary/aromatic N) is 6. The smallest absolute Gasteiger partial charge is 0.269 e. The van der Waals surface area contributed by atoms with Gasteiger partial charge >= 0.3 is 0 Å². The van der Waals surface area contributed by atoms with Crippen molar-refractivity contribution in [3.8, 4) is 0 Å². The molecule has 9 nitrogen and oxygen atoms in total. The minimum absolute atomic E-state index is 0.0210. The number of benzene rings is 2. The predicted octanol–water partition coefficient (Wildman–Crippen LogP) is 3.68. The maximum atomic E-state index is 13.8. The van der Waals surface area contributed by atoms with E-state index in [-0.39, 0.29) is 11.6 Å². The highest BCUT2D eigenvalue weighted by atomic mass is 16.6. The second-order valence-corrected chi connectivity index (χ2v) is 9.50. The van der Waals surface area contributed by atoms with Crippen LogP contribution in [0.5, 0.6) is 0 Å². The number of hydrogen-bond acceptors (Lipinski definition) is 6. The molecular weight excluding hydrogens is 456 g/mol. The number of carbonyl (C=O) groups is 1. The number of fused-ring (bicyclic) bond motifs is 1. The van der Waals surface area contributed by atoms with Crippen molar-refractivity contribution in [3.05, 3.63) is 81.5 Å². The molecule has 2 aromatic carbocycles. The number of piperazine rings is 1. The van der Waals surface area contributed by atoms with Gasteiger partial charge in [-0.2, -0.15) is 5.10 Å². The molecule has 1 aliphatic heterocycles. The van der Waals surface area contributed by atoms with Crippen molar-refractivity contribution in [2.75, 3.05) is 49.1 Å². The molecule has 9 heteroatoms. The van der Waals surface area contributed by atoms with Crippen LogP contribution >= 0.6 is 0 Å².